The Kier molecular flexibility index (Phi) is 4.17. The lowest BCUT2D eigenvalue weighted by Crippen LogP contribution is -2.46. The molecule has 2 fully saturated rings. The molecular formula is C19H23NO4. The molecule has 2 bridgehead atoms. The summed E-state index contributed by atoms with van der Waals surface area (Å²) in [4.78, 5) is 24.6. The lowest BCUT2D eigenvalue weighted by molar-refractivity contribution is -0.137. The van der Waals surface area contributed by atoms with E-state index in [9.17, 15) is 9.59 Å². The van der Waals surface area contributed by atoms with E-state index in [1.54, 1.807) is 0 Å². The first-order valence-corrected chi connectivity index (χ1v) is 8.90. The Morgan fingerprint density at radius 2 is 1.83 bits per heavy atom. The van der Waals surface area contributed by atoms with E-state index in [1.165, 1.54) is 0 Å². The molecule has 1 heterocycles. The molecule has 3 aliphatic rings. The Bertz CT molecular complexity index is 628. The van der Waals surface area contributed by atoms with Crippen molar-refractivity contribution in [3.63, 3.8) is 0 Å². The van der Waals surface area contributed by atoms with Crippen molar-refractivity contribution >= 4 is 11.7 Å². The van der Waals surface area contributed by atoms with Crippen LogP contribution in [0.25, 0.3) is 0 Å². The summed E-state index contributed by atoms with van der Waals surface area (Å²) in [6.07, 6.45) is 4.29. The normalized spacial score (nSPS) is 31.4. The molecule has 2 saturated carbocycles. The van der Waals surface area contributed by atoms with Gasteiger partial charge < -0.3 is 14.8 Å². The number of ether oxygens (including phenoxy) is 2. The van der Waals surface area contributed by atoms with E-state index in [0.717, 1.165) is 30.8 Å². The van der Waals surface area contributed by atoms with E-state index in [1.807, 2.05) is 24.3 Å². The molecule has 0 radical (unpaired) electrons. The maximum absolute atomic E-state index is 12.5. The van der Waals surface area contributed by atoms with Crippen LogP contribution < -0.4 is 14.8 Å². The molecule has 1 N–H and O–H groups in total. The third-order valence-corrected chi connectivity index (χ3v) is 5.49. The van der Waals surface area contributed by atoms with Gasteiger partial charge in [0.15, 0.2) is 11.5 Å². The predicted molar refractivity (Wildman–Crippen MR) is 87.9 cm³/mol. The highest BCUT2D eigenvalue weighted by Crippen LogP contribution is 2.40. The van der Waals surface area contributed by atoms with Crippen LogP contribution in [-0.4, -0.2) is 30.9 Å². The SMILES string of the molecule is O=C(NC[C@@H]1COc2ccccc2O1)C1C[C@@H]2CCC[C@@H](C1)C2=O. The highest BCUT2D eigenvalue weighted by molar-refractivity contribution is 5.88. The molecule has 5 heteroatoms. The molecule has 4 rings (SSSR count). The summed E-state index contributed by atoms with van der Waals surface area (Å²) >= 11 is 0. The van der Waals surface area contributed by atoms with Crippen LogP contribution in [0.2, 0.25) is 0 Å². The van der Waals surface area contributed by atoms with Crippen LogP contribution in [0.1, 0.15) is 32.1 Å². The maximum atomic E-state index is 12.5. The van der Waals surface area contributed by atoms with Gasteiger partial charge in [-0.15, -0.1) is 0 Å². The van der Waals surface area contributed by atoms with Crippen LogP contribution in [0.15, 0.2) is 24.3 Å². The first kappa shape index (κ1) is 15.5. The highest BCUT2D eigenvalue weighted by Gasteiger charge is 2.41. The van der Waals surface area contributed by atoms with Crippen LogP contribution >= 0.6 is 0 Å². The van der Waals surface area contributed by atoms with Gasteiger partial charge >= 0.3 is 0 Å². The van der Waals surface area contributed by atoms with Gasteiger partial charge in [0, 0.05) is 17.8 Å². The quantitative estimate of drug-likeness (QED) is 0.924. The summed E-state index contributed by atoms with van der Waals surface area (Å²) in [5.74, 6) is 2.10. The molecule has 0 aromatic heterocycles. The van der Waals surface area contributed by atoms with E-state index in [0.29, 0.717) is 31.8 Å². The fourth-order valence-electron chi connectivity index (χ4n) is 4.22. The standard InChI is InChI=1S/C19H23NO4/c21-18-12-4-3-5-13(18)9-14(8-12)19(22)20-10-15-11-23-16-6-1-2-7-17(16)24-15/h1-2,6-7,12-15H,3-5,8-11H2,(H,20,22)/t12-,13-,15+/m0/s1. The lowest BCUT2D eigenvalue weighted by atomic mass is 9.67. The molecule has 1 amide bonds. The molecule has 1 aromatic rings. The van der Waals surface area contributed by atoms with Gasteiger partial charge in [-0.2, -0.15) is 0 Å². The number of fused-ring (bicyclic) bond motifs is 3. The molecule has 5 nitrogen and oxygen atoms in total. The first-order chi connectivity index (χ1) is 11.7. The third-order valence-electron chi connectivity index (χ3n) is 5.49. The Morgan fingerprint density at radius 3 is 2.58 bits per heavy atom. The van der Waals surface area contributed by atoms with Gasteiger partial charge in [0.1, 0.15) is 18.5 Å². The Labute approximate surface area is 141 Å². The number of benzene rings is 1. The zero-order chi connectivity index (χ0) is 16.5. The average Bonchev–Trinajstić information content (AvgIpc) is 2.59. The van der Waals surface area contributed by atoms with Crippen molar-refractivity contribution in [3.8, 4) is 11.5 Å². The molecule has 1 aromatic carbocycles. The highest BCUT2D eigenvalue weighted by atomic mass is 16.6. The second-order valence-electron chi connectivity index (χ2n) is 7.14. The Balaban J connectivity index is 1.31. The van der Waals surface area contributed by atoms with Gasteiger partial charge in [-0.1, -0.05) is 18.6 Å². The van der Waals surface area contributed by atoms with Crippen molar-refractivity contribution in [2.75, 3.05) is 13.2 Å². The van der Waals surface area contributed by atoms with Crippen molar-refractivity contribution < 1.29 is 19.1 Å². The molecule has 2 aliphatic carbocycles. The molecule has 3 atom stereocenters. The van der Waals surface area contributed by atoms with Gasteiger partial charge in [0.2, 0.25) is 5.91 Å². The smallest absolute Gasteiger partial charge is 0.223 e. The van der Waals surface area contributed by atoms with Crippen LogP contribution in [0.3, 0.4) is 0 Å². The van der Waals surface area contributed by atoms with Crippen molar-refractivity contribution in [3.05, 3.63) is 24.3 Å². The van der Waals surface area contributed by atoms with E-state index in [4.69, 9.17) is 9.47 Å². The fourth-order valence-corrected chi connectivity index (χ4v) is 4.22. The van der Waals surface area contributed by atoms with E-state index in [-0.39, 0.29) is 29.8 Å². The number of Topliss-reactive ketones (excluding diaryl/α,β-unsaturated/α-hetero) is 1. The number of ketones is 1. The molecule has 0 spiro atoms. The minimum absolute atomic E-state index is 0.0326. The molecular weight excluding hydrogens is 306 g/mol. The number of nitrogens with one attached hydrogen (secondary N) is 1. The van der Waals surface area contributed by atoms with Gasteiger partial charge in [0.05, 0.1) is 6.54 Å². The zero-order valence-electron chi connectivity index (χ0n) is 13.7. The monoisotopic (exact) mass is 329 g/mol. The molecule has 1 aliphatic heterocycles. The number of hydrogen-bond donors (Lipinski definition) is 1. The molecule has 0 unspecified atom stereocenters. The fraction of sp³-hybridized carbons (Fsp3) is 0.579. The number of hydrogen-bond acceptors (Lipinski definition) is 4. The minimum atomic E-state index is -0.173. The number of para-hydroxylation sites is 2. The third kappa shape index (κ3) is 2.99. The van der Waals surface area contributed by atoms with E-state index < -0.39 is 0 Å². The Morgan fingerprint density at radius 1 is 1.12 bits per heavy atom. The molecule has 0 saturated heterocycles. The zero-order valence-corrected chi connectivity index (χ0v) is 13.7. The van der Waals surface area contributed by atoms with Crippen molar-refractivity contribution in [2.45, 2.75) is 38.2 Å². The predicted octanol–water partition coefficient (Wildman–Crippen LogP) is 2.34. The average molecular weight is 329 g/mol. The van der Waals surface area contributed by atoms with E-state index >= 15 is 0 Å². The summed E-state index contributed by atoms with van der Waals surface area (Å²) < 4.78 is 11.5. The number of carbonyl (C=O) groups is 2. The summed E-state index contributed by atoms with van der Waals surface area (Å²) in [7, 11) is 0. The van der Waals surface area contributed by atoms with Gasteiger partial charge in [-0.25, -0.2) is 0 Å². The Hall–Kier alpha value is -2.04. The van der Waals surface area contributed by atoms with Crippen LogP contribution in [-0.2, 0) is 9.59 Å². The van der Waals surface area contributed by atoms with Crippen molar-refractivity contribution in [1.29, 1.82) is 0 Å². The van der Waals surface area contributed by atoms with Crippen molar-refractivity contribution in [2.24, 2.45) is 17.8 Å². The summed E-state index contributed by atoms with van der Waals surface area (Å²) in [5, 5.41) is 3.00. The topological polar surface area (TPSA) is 64.6 Å². The van der Waals surface area contributed by atoms with Gasteiger partial charge in [-0.05, 0) is 37.8 Å². The first-order valence-electron chi connectivity index (χ1n) is 8.90. The van der Waals surface area contributed by atoms with E-state index in [2.05, 4.69) is 5.32 Å². The summed E-state index contributed by atoms with van der Waals surface area (Å²) in [6, 6.07) is 7.56. The number of amides is 1. The summed E-state index contributed by atoms with van der Waals surface area (Å²) in [6.45, 7) is 0.874. The number of rotatable bonds is 3. The minimum Gasteiger partial charge on any atom is -0.486 e. The van der Waals surface area contributed by atoms with Crippen LogP contribution in [0.4, 0.5) is 0 Å². The summed E-state index contributed by atoms with van der Waals surface area (Å²) in [5.41, 5.74) is 0. The lowest BCUT2D eigenvalue weighted by Gasteiger charge is -2.37. The largest absolute Gasteiger partial charge is 0.486 e. The van der Waals surface area contributed by atoms with Gasteiger partial charge in [0.25, 0.3) is 0 Å². The number of carbonyl (C=O) groups excluding carboxylic acids is 2. The second kappa shape index (κ2) is 6.46. The molecule has 24 heavy (non-hydrogen) atoms. The van der Waals surface area contributed by atoms with Crippen LogP contribution in [0.5, 0.6) is 11.5 Å². The van der Waals surface area contributed by atoms with Crippen molar-refractivity contribution in [1.82, 2.24) is 5.32 Å². The van der Waals surface area contributed by atoms with Gasteiger partial charge in [-0.3, -0.25) is 9.59 Å². The maximum Gasteiger partial charge on any atom is 0.223 e. The molecule has 128 valence electrons. The van der Waals surface area contributed by atoms with Crippen LogP contribution in [0, 0.1) is 17.8 Å². The second-order valence-corrected chi connectivity index (χ2v) is 7.14.